The van der Waals surface area contributed by atoms with E-state index in [2.05, 4.69) is 10.6 Å². The van der Waals surface area contributed by atoms with Crippen molar-refractivity contribution >= 4 is 28.5 Å². The number of methoxy groups -OCH3 is 1. The Morgan fingerprint density at radius 1 is 1.00 bits per heavy atom. The second-order valence-electron chi connectivity index (χ2n) is 6.46. The average Bonchev–Trinajstić information content (AvgIpc) is 2.74. The molecule has 0 bridgehead atoms. The Morgan fingerprint density at radius 2 is 1.76 bits per heavy atom. The molecule has 2 amide bonds. The summed E-state index contributed by atoms with van der Waals surface area (Å²) in [5, 5.41) is 7.73. The number of ether oxygens (including phenoxy) is 2. The fourth-order valence-electron chi connectivity index (χ4n) is 3.15. The minimum atomic E-state index is -0.556. The molecule has 0 aliphatic heterocycles. The quantitative estimate of drug-likeness (QED) is 0.573. The predicted octanol–water partition coefficient (Wildman–Crippen LogP) is 4.66. The summed E-state index contributed by atoms with van der Waals surface area (Å²) in [4.78, 5) is 24.8. The minimum absolute atomic E-state index is 0.0178. The molecular formula is C23H24N2O4. The van der Waals surface area contributed by atoms with Gasteiger partial charge in [0.2, 0.25) is 0 Å². The number of carbonyl (C=O) groups excluding carboxylic acids is 2. The van der Waals surface area contributed by atoms with Crippen LogP contribution in [0.25, 0.3) is 10.8 Å². The molecule has 0 radical (unpaired) electrons. The lowest BCUT2D eigenvalue weighted by atomic mass is 10.0. The topological polar surface area (TPSA) is 76.7 Å². The van der Waals surface area contributed by atoms with Crippen LogP contribution in [0.3, 0.4) is 0 Å². The molecule has 0 heterocycles. The highest BCUT2D eigenvalue weighted by atomic mass is 16.5. The number of nitrogens with one attached hydrogen (secondary N) is 2. The number of fused-ring (bicyclic) bond motifs is 1. The van der Waals surface area contributed by atoms with E-state index in [9.17, 15) is 9.59 Å². The normalized spacial score (nSPS) is 11.5. The maximum atomic E-state index is 12.7. The molecule has 3 aromatic rings. The number of urea groups is 1. The van der Waals surface area contributed by atoms with Crippen molar-refractivity contribution in [1.29, 1.82) is 0 Å². The Morgan fingerprint density at radius 3 is 2.55 bits per heavy atom. The van der Waals surface area contributed by atoms with Crippen LogP contribution in [0.4, 0.5) is 10.5 Å². The number of carbonyl (C=O) groups is 2. The molecule has 2 N–H and O–H groups in total. The lowest BCUT2D eigenvalue weighted by molar-refractivity contribution is -0.143. The van der Waals surface area contributed by atoms with Crippen LogP contribution in [0, 0.1) is 0 Å². The second-order valence-corrected chi connectivity index (χ2v) is 6.46. The first-order chi connectivity index (χ1) is 14.1. The monoisotopic (exact) mass is 392 g/mol. The zero-order chi connectivity index (χ0) is 20.6. The molecule has 3 rings (SSSR count). The van der Waals surface area contributed by atoms with Gasteiger partial charge in [0, 0.05) is 5.39 Å². The maximum Gasteiger partial charge on any atom is 0.319 e. The Hall–Kier alpha value is -3.54. The van der Waals surface area contributed by atoms with Gasteiger partial charge in [0.15, 0.2) is 0 Å². The molecule has 6 nitrogen and oxygen atoms in total. The summed E-state index contributed by atoms with van der Waals surface area (Å²) >= 11 is 0. The van der Waals surface area contributed by atoms with Crippen molar-refractivity contribution in [3.63, 3.8) is 0 Å². The summed E-state index contributed by atoms with van der Waals surface area (Å²) < 4.78 is 10.3. The Balaban J connectivity index is 1.80. The summed E-state index contributed by atoms with van der Waals surface area (Å²) in [5.74, 6) is 0.262. The van der Waals surface area contributed by atoms with Crippen LogP contribution in [0.5, 0.6) is 5.75 Å². The van der Waals surface area contributed by atoms with Gasteiger partial charge in [-0.3, -0.25) is 4.79 Å². The van der Waals surface area contributed by atoms with Gasteiger partial charge in [-0.15, -0.1) is 0 Å². The Labute approximate surface area is 169 Å². The van der Waals surface area contributed by atoms with Gasteiger partial charge >= 0.3 is 12.0 Å². The summed E-state index contributed by atoms with van der Waals surface area (Å²) in [6, 6.07) is 19.8. The summed E-state index contributed by atoms with van der Waals surface area (Å²) in [7, 11) is 1.57. The van der Waals surface area contributed by atoms with Crippen LogP contribution >= 0.6 is 0 Å². The van der Waals surface area contributed by atoms with E-state index in [1.165, 1.54) is 0 Å². The van der Waals surface area contributed by atoms with E-state index in [1.807, 2.05) is 54.6 Å². The fraction of sp³-hybridized carbons (Fsp3) is 0.217. The molecule has 0 saturated heterocycles. The molecule has 1 unspecified atom stereocenters. The highest BCUT2D eigenvalue weighted by Gasteiger charge is 2.20. The van der Waals surface area contributed by atoms with E-state index in [0.29, 0.717) is 11.4 Å². The van der Waals surface area contributed by atoms with Crippen LogP contribution < -0.4 is 15.4 Å². The number of benzene rings is 3. The first kappa shape index (κ1) is 20.2. The molecule has 0 aromatic heterocycles. The van der Waals surface area contributed by atoms with E-state index < -0.39 is 12.1 Å². The SMILES string of the molecule is CCOC(=O)CC(NC(=O)Nc1cccc2ccccc12)c1cccc(OC)c1. The molecular weight excluding hydrogens is 368 g/mol. The zero-order valence-electron chi connectivity index (χ0n) is 16.5. The van der Waals surface area contributed by atoms with Crippen molar-refractivity contribution in [3.05, 3.63) is 72.3 Å². The van der Waals surface area contributed by atoms with Gasteiger partial charge in [0.1, 0.15) is 5.75 Å². The molecule has 0 spiro atoms. The highest BCUT2D eigenvalue weighted by Crippen LogP contribution is 2.25. The molecule has 0 aliphatic rings. The van der Waals surface area contributed by atoms with E-state index in [0.717, 1.165) is 16.3 Å². The fourth-order valence-corrected chi connectivity index (χ4v) is 3.15. The second kappa shape index (κ2) is 9.59. The zero-order valence-corrected chi connectivity index (χ0v) is 16.5. The van der Waals surface area contributed by atoms with Gasteiger partial charge in [0.25, 0.3) is 0 Å². The average molecular weight is 392 g/mol. The standard InChI is InChI=1S/C23H24N2O4/c1-3-29-22(26)15-21(17-10-6-11-18(14-17)28-2)25-23(27)24-20-13-7-9-16-8-4-5-12-19(16)20/h4-14,21H,3,15H2,1-2H3,(H2,24,25,27). The predicted molar refractivity (Wildman–Crippen MR) is 113 cm³/mol. The van der Waals surface area contributed by atoms with Crippen LogP contribution in [0.1, 0.15) is 24.9 Å². The number of rotatable bonds is 7. The largest absolute Gasteiger partial charge is 0.497 e. The smallest absolute Gasteiger partial charge is 0.319 e. The highest BCUT2D eigenvalue weighted by molar-refractivity contribution is 6.01. The molecule has 150 valence electrons. The molecule has 29 heavy (non-hydrogen) atoms. The van der Waals surface area contributed by atoms with E-state index >= 15 is 0 Å². The number of anilines is 1. The van der Waals surface area contributed by atoms with Gasteiger partial charge in [-0.25, -0.2) is 4.79 Å². The van der Waals surface area contributed by atoms with Gasteiger partial charge in [-0.05, 0) is 36.1 Å². The van der Waals surface area contributed by atoms with Crippen molar-refractivity contribution in [3.8, 4) is 5.75 Å². The van der Waals surface area contributed by atoms with Crippen molar-refractivity contribution in [2.24, 2.45) is 0 Å². The van der Waals surface area contributed by atoms with Crippen molar-refractivity contribution in [1.82, 2.24) is 5.32 Å². The summed E-state index contributed by atoms with van der Waals surface area (Å²) in [6.45, 7) is 2.03. The van der Waals surface area contributed by atoms with Gasteiger partial charge in [-0.2, -0.15) is 0 Å². The summed E-state index contributed by atoms with van der Waals surface area (Å²) in [6.07, 6.45) is 0.0178. The molecule has 0 aliphatic carbocycles. The third-order valence-corrected chi connectivity index (χ3v) is 4.52. The number of hydrogen-bond acceptors (Lipinski definition) is 4. The number of esters is 1. The summed E-state index contributed by atoms with van der Waals surface area (Å²) in [5.41, 5.74) is 1.45. The Kier molecular flexibility index (Phi) is 6.68. The first-order valence-electron chi connectivity index (χ1n) is 9.45. The van der Waals surface area contributed by atoms with Crippen molar-refractivity contribution < 1.29 is 19.1 Å². The Bertz CT molecular complexity index is 998. The molecule has 1 atom stereocenters. The van der Waals surface area contributed by atoms with Crippen LogP contribution in [-0.2, 0) is 9.53 Å². The van der Waals surface area contributed by atoms with E-state index in [1.54, 1.807) is 26.2 Å². The van der Waals surface area contributed by atoms with Gasteiger partial charge < -0.3 is 20.1 Å². The first-order valence-corrected chi connectivity index (χ1v) is 9.45. The third-order valence-electron chi connectivity index (χ3n) is 4.52. The van der Waals surface area contributed by atoms with Gasteiger partial charge in [0.05, 0.1) is 31.9 Å². The lowest BCUT2D eigenvalue weighted by Crippen LogP contribution is -2.34. The molecule has 0 saturated carbocycles. The van der Waals surface area contributed by atoms with Crippen LogP contribution in [0.2, 0.25) is 0 Å². The molecule has 0 fully saturated rings. The van der Waals surface area contributed by atoms with E-state index in [4.69, 9.17) is 9.47 Å². The maximum absolute atomic E-state index is 12.7. The van der Waals surface area contributed by atoms with Gasteiger partial charge in [-0.1, -0.05) is 48.5 Å². The van der Waals surface area contributed by atoms with Crippen LogP contribution in [-0.4, -0.2) is 25.7 Å². The molecule has 6 heteroatoms. The van der Waals surface area contributed by atoms with Crippen molar-refractivity contribution in [2.75, 3.05) is 19.0 Å². The van der Waals surface area contributed by atoms with E-state index in [-0.39, 0.29) is 19.0 Å². The van der Waals surface area contributed by atoms with Crippen LogP contribution in [0.15, 0.2) is 66.7 Å². The van der Waals surface area contributed by atoms with Crippen molar-refractivity contribution in [2.45, 2.75) is 19.4 Å². The molecule has 3 aromatic carbocycles. The number of amides is 2. The third kappa shape index (κ3) is 5.25. The minimum Gasteiger partial charge on any atom is -0.497 e. The lowest BCUT2D eigenvalue weighted by Gasteiger charge is -2.20. The number of hydrogen-bond donors (Lipinski definition) is 2.